The van der Waals surface area contributed by atoms with Gasteiger partial charge in [0.15, 0.2) is 6.23 Å². The molecule has 0 aliphatic carbocycles. The Morgan fingerprint density at radius 1 is 1.53 bits per heavy atom. The van der Waals surface area contributed by atoms with E-state index in [9.17, 15) is 9.59 Å². The maximum atomic E-state index is 11.4. The van der Waals surface area contributed by atoms with E-state index < -0.39 is 17.5 Å². The predicted octanol–water partition coefficient (Wildman–Crippen LogP) is 0.178. The van der Waals surface area contributed by atoms with Gasteiger partial charge in [-0.25, -0.2) is 4.79 Å². The molecular formula is C10H10N2O3. The summed E-state index contributed by atoms with van der Waals surface area (Å²) in [6.07, 6.45) is 4.48. The largest absolute Gasteiger partial charge is 0.349 e. The summed E-state index contributed by atoms with van der Waals surface area (Å²) < 4.78 is 6.65. The molecule has 1 aliphatic rings. The topological polar surface area (TPSA) is 64.1 Å². The maximum absolute atomic E-state index is 11.4. The van der Waals surface area contributed by atoms with Crippen molar-refractivity contribution in [2.45, 2.75) is 6.23 Å². The fourth-order valence-electron chi connectivity index (χ4n) is 1.41. The van der Waals surface area contributed by atoms with Gasteiger partial charge in [0.1, 0.15) is 0 Å². The van der Waals surface area contributed by atoms with E-state index in [1.165, 1.54) is 16.8 Å². The van der Waals surface area contributed by atoms with E-state index in [4.69, 9.17) is 4.74 Å². The average molecular weight is 206 g/mol. The molecule has 1 aromatic heterocycles. The minimum Gasteiger partial charge on any atom is -0.349 e. The molecule has 0 radical (unpaired) electrons. The van der Waals surface area contributed by atoms with Gasteiger partial charge in [-0.1, -0.05) is 18.7 Å². The first-order chi connectivity index (χ1) is 7.18. The summed E-state index contributed by atoms with van der Waals surface area (Å²) in [5.74, 6) is 0. The third-order valence-corrected chi connectivity index (χ3v) is 2.10. The van der Waals surface area contributed by atoms with Gasteiger partial charge in [-0.15, -0.1) is 0 Å². The molecule has 0 unspecified atom stereocenters. The third kappa shape index (κ3) is 1.82. The molecule has 78 valence electrons. The van der Waals surface area contributed by atoms with Crippen LogP contribution in [0.2, 0.25) is 0 Å². The fourth-order valence-corrected chi connectivity index (χ4v) is 1.41. The van der Waals surface area contributed by atoms with E-state index in [1.54, 1.807) is 6.08 Å². The Hall–Kier alpha value is -1.88. The van der Waals surface area contributed by atoms with Crippen molar-refractivity contribution in [1.29, 1.82) is 0 Å². The van der Waals surface area contributed by atoms with Crippen molar-refractivity contribution in [2.75, 3.05) is 6.61 Å². The van der Waals surface area contributed by atoms with Crippen LogP contribution in [0.5, 0.6) is 0 Å². The van der Waals surface area contributed by atoms with Crippen molar-refractivity contribution in [3.63, 3.8) is 0 Å². The van der Waals surface area contributed by atoms with E-state index in [0.29, 0.717) is 12.2 Å². The van der Waals surface area contributed by atoms with Gasteiger partial charge in [-0.3, -0.25) is 14.3 Å². The number of nitrogens with zero attached hydrogens (tertiary/aromatic N) is 1. The zero-order valence-corrected chi connectivity index (χ0v) is 7.97. The van der Waals surface area contributed by atoms with Crippen LogP contribution in [0.15, 0.2) is 46.2 Å². The third-order valence-electron chi connectivity index (χ3n) is 2.10. The molecule has 5 heteroatoms. The summed E-state index contributed by atoms with van der Waals surface area (Å²) in [4.78, 5) is 24.5. The Morgan fingerprint density at radius 2 is 2.33 bits per heavy atom. The Bertz CT molecular complexity index is 524. The van der Waals surface area contributed by atoms with Crippen molar-refractivity contribution in [3.8, 4) is 0 Å². The van der Waals surface area contributed by atoms with Gasteiger partial charge in [0.05, 0.1) is 6.61 Å². The Balaban J connectivity index is 2.46. The lowest BCUT2D eigenvalue weighted by atomic mass is 10.2. The lowest BCUT2D eigenvalue weighted by Gasteiger charge is -2.22. The van der Waals surface area contributed by atoms with Crippen molar-refractivity contribution >= 4 is 0 Å². The molecule has 5 nitrogen and oxygen atoms in total. The SMILES string of the molecule is C=C1C=CCO[C@@H]1n1ccc(=O)[nH]c1=O. The molecule has 0 fully saturated rings. The van der Waals surface area contributed by atoms with E-state index in [1.807, 2.05) is 6.08 Å². The lowest BCUT2D eigenvalue weighted by molar-refractivity contribution is 0.0419. The van der Waals surface area contributed by atoms with Gasteiger partial charge in [-0.05, 0) is 5.57 Å². The van der Waals surface area contributed by atoms with Crippen LogP contribution in [0.1, 0.15) is 6.23 Å². The first kappa shape index (κ1) is 9.67. The molecule has 2 rings (SSSR count). The second-order valence-corrected chi connectivity index (χ2v) is 3.18. The molecule has 0 bridgehead atoms. The number of ether oxygens (including phenoxy) is 1. The summed E-state index contributed by atoms with van der Waals surface area (Å²) >= 11 is 0. The van der Waals surface area contributed by atoms with Gasteiger partial charge in [0.2, 0.25) is 0 Å². The highest BCUT2D eigenvalue weighted by atomic mass is 16.5. The van der Waals surface area contributed by atoms with Crippen molar-refractivity contribution in [2.24, 2.45) is 0 Å². The number of hydrogen-bond donors (Lipinski definition) is 1. The number of nitrogens with one attached hydrogen (secondary N) is 1. The summed E-state index contributed by atoms with van der Waals surface area (Å²) in [6.45, 7) is 4.20. The molecule has 0 spiro atoms. The summed E-state index contributed by atoms with van der Waals surface area (Å²) in [5.41, 5.74) is -0.243. The second kappa shape index (κ2) is 3.70. The predicted molar refractivity (Wildman–Crippen MR) is 54.6 cm³/mol. The van der Waals surface area contributed by atoms with Crippen LogP contribution < -0.4 is 11.2 Å². The van der Waals surface area contributed by atoms with Crippen LogP contribution in [-0.2, 0) is 4.74 Å². The van der Waals surface area contributed by atoms with Crippen LogP contribution in [-0.4, -0.2) is 16.2 Å². The quantitative estimate of drug-likeness (QED) is 0.712. The van der Waals surface area contributed by atoms with E-state index in [0.717, 1.165) is 0 Å². The van der Waals surface area contributed by atoms with E-state index >= 15 is 0 Å². The van der Waals surface area contributed by atoms with Crippen LogP contribution >= 0.6 is 0 Å². The Morgan fingerprint density at radius 3 is 3.00 bits per heavy atom. The minimum atomic E-state index is -0.528. The molecule has 1 N–H and O–H groups in total. The molecule has 15 heavy (non-hydrogen) atoms. The molecule has 0 saturated carbocycles. The monoisotopic (exact) mass is 206 g/mol. The molecule has 2 heterocycles. The molecule has 1 aliphatic heterocycles. The van der Waals surface area contributed by atoms with Crippen molar-refractivity contribution in [1.82, 2.24) is 9.55 Å². The van der Waals surface area contributed by atoms with Crippen molar-refractivity contribution in [3.05, 3.63) is 57.4 Å². The van der Waals surface area contributed by atoms with Crippen LogP contribution in [0.4, 0.5) is 0 Å². The van der Waals surface area contributed by atoms with Gasteiger partial charge < -0.3 is 4.74 Å². The highest BCUT2D eigenvalue weighted by Gasteiger charge is 2.17. The smallest absolute Gasteiger partial charge is 0.330 e. The first-order valence-corrected chi connectivity index (χ1v) is 4.47. The zero-order valence-electron chi connectivity index (χ0n) is 7.97. The number of H-pyrrole nitrogens is 1. The first-order valence-electron chi connectivity index (χ1n) is 4.47. The van der Waals surface area contributed by atoms with Gasteiger partial charge in [-0.2, -0.15) is 0 Å². The highest BCUT2D eigenvalue weighted by molar-refractivity contribution is 5.20. The number of rotatable bonds is 1. The van der Waals surface area contributed by atoms with Crippen molar-refractivity contribution < 1.29 is 4.74 Å². The van der Waals surface area contributed by atoms with Crippen LogP contribution in [0, 0.1) is 0 Å². The Labute approximate surface area is 85.3 Å². The number of aromatic nitrogens is 2. The molecular weight excluding hydrogens is 196 g/mol. The lowest BCUT2D eigenvalue weighted by Crippen LogP contribution is -2.33. The summed E-state index contributed by atoms with van der Waals surface area (Å²) in [6, 6.07) is 1.27. The average Bonchev–Trinajstić information content (AvgIpc) is 2.20. The van der Waals surface area contributed by atoms with Gasteiger partial charge in [0, 0.05) is 12.3 Å². The molecule has 0 saturated heterocycles. The molecule has 1 aromatic rings. The standard InChI is InChI=1S/C10H10N2O3/c1-7-3-2-6-15-9(7)12-5-4-8(13)11-10(12)14/h2-5,9H,1,6H2,(H,11,13,14)/t9-/m0/s1. The molecule has 1 atom stereocenters. The minimum absolute atomic E-state index is 0.423. The summed E-state index contributed by atoms with van der Waals surface area (Å²) in [7, 11) is 0. The normalized spacial score (nSPS) is 20.5. The van der Waals surface area contributed by atoms with E-state index in [2.05, 4.69) is 11.6 Å². The second-order valence-electron chi connectivity index (χ2n) is 3.18. The van der Waals surface area contributed by atoms with E-state index in [-0.39, 0.29) is 0 Å². The van der Waals surface area contributed by atoms with Crippen LogP contribution in [0.3, 0.4) is 0 Å². The maximum Gasteiger partial charge on any atom is 0.330 e. The summed E-state index contributed by atoms with van der Waals surface area (Å²) in [5, 5.41) is 0. The van der Waals surface area contributed by atoms with Gasteiger partial charge >= 0.3 is 5.69 Å². The van der Waals surface area contributed by atoms with Gasteiger partial charge in [0.25, 0.3) is 5.56 Å². The fraction of sp³-hybridized carbons (Fsp3) is 0.200. The van der Waals surface area contributed by atoms with Crippen LogP contribution in [0.25, 0.3) is 0 Å². The highest BCUT2D eigenvalue weighted by Crippen LogP contribution is 2.20. The number of aromatic amines is 1. The zero-order chi connectivity index (χ0) is 10.8. The Kier molecular flexibility index (Phi) is 2.39. The molecule has 0 aromatic carbocycles. The molecule has 0 amide bonds. The number of hydrogen-bond acceptors (Lipinski definition) is 3.